The molecule has 0 radical (unpaired) electrons. The molecule has 1 aromatic rings. The van der Waals surface area contributed by atoms with Crippen LogP contribution in [0.3, 0.4) is 0 Å². The molecule has 0 amide bonds. The van der Waals surface area contributed by atoms with Gasteiger partial charge in [-0.3, -0.25) is 0 Å². The Morgan fingerprint density at radius 1 is 1.00 bits per heavy atom. The molecule has 1 N–H and O–H groups in total. The highest BCUT2D eigenvalue weighted by Crippen LogP contribution is 2.10. The lowest BCUT2D eigenvalue weighted by molar-refractivity contribution is 0.575. The van der Waals surface area contributed by atoms with Crippen molar-refractivity contribution in [1.29, 1.82) is 0 Å². The normalized spacial score (nSPS) is 10.9. The highest BCUT2D eigenvalue weighted by molar-refractivity contribution is 7.80. The van der Waals surface area contributed by atoms with Crippen LogP contribution in [0, 0.1) is 6.92 Å². The van der Waals surface area contributed by atoms with Crippen LogP contribution >= 0.6 is 12.6 Å². The Bertz CT molecular complexity index is 284. The number of aryl methyl sites for hydroxylation is 2. The zero-order valence-corrected chi connectivity index (χ0v) is 11.9. The molecule has 0 aliphatic heterocycles. The molecule has 3 heteroatoms. The Morgan fingerprint density at radius 2 is 1.59 bits per heavy atom. The third-order valence-corrected chi connectivity index (χ3v) is 3.43. The number of aromatic amines is 1. The van der Waals surface area contributed by atoms with Crippen LogP contribution in [0.5, 0.6) is 0 Å². The summed E-state index contributed by atoms with van der Waals surface area (Å²) in [5.74, 6) is 2.08. The Kier molecular flexibility index (Phi) is 8.24. The Morgan fingerprint density at radius 3 is 2.12 bits per heavy atom. The zero-order chi connectivity index (χ0) is 12.3. The lowest BCUT2D eigenvalue weighted by Crippen LogP contribution is -1.87. The molecule has 98 valence electrons. The predicted molar refractivity (Wildman–Crippen MR) is 77.8 cm³/mol. The minimum Gasteiger partial charge on any atom is -0.346 e. The predicted octanol–water partition coefficient (Wildman–Crippen LogP) is 4.31. The van der Waals surface area contributed by atoms with Crippen LogP contribution in [0.1, 0.15) is 62.9 Å². The second kappa shape index (κ2) is 9.58. The molecule has 17 heavy (non-hydrogen) atoms. The number of rotatable bonds is 10. The fourth-order valence-corrected chi connectivity index (χ4v) is 2.31. The van der Waals surface area contributed by atoms with Crippen molar-refractivity contribution in [3.8, 4) is 0 Å². The summed E-state index contributed by atoms with van der Waals surface area (Å²) in [6.45, 7) is 2.01. The summed E-state index contributed by atoms with van der Waals surface area (Å²) in [4.78, 5) is 7.49. The van der Waals surface area contributed by atoms with Gasteiger partial charge in [-0.05, 0) is 31.9 Å². The number of H-pyrrole nitrogens is 1. The number of imidazole rings is 1. The number of hydrogen-bond donors (Lipinski definition) is 2. The van der Waals surface area contributed by atoms with Crippen molar-refractivity contribution >= 4 is 12.6 Å². The van der Waals surface area contributed by atoms with Crippen molar-refractivity contribution in [3.63, 3.8) is 0 Å². The van der Waals surface area contributed by atoms with E-state index in [2.05, 4.69) is 22.6 Å². The number of nitrogens with one attached hydrogen (secondary N) is 1. The lowest BCUT2D eigenvalue weighted by atomic mass is 10.1. The van der Waals surface area contributed by atoms with Crippen molar-refractivity contribution in [2.45, 2.75) is 64.7 Å². The van der Waals surface area contributed by atoms with Crippen molar-refractivity contribution in [3.05, 3.63) is 17.7 Å². The van der Waals surface area contributed by atoms with Crippen LogP contribution in [0.15, 0.2) is 6.20 Å². The first-order chi connectivity index (χ1) is 8.33. The molecule has 0 unspecified atom stereocenters. The average molecular weight is 254 g/mol. The Labute approximate surface area is 111 Å². The number of nitrogens with zero attached hydrogens (tertiary/aromatic N) is 1. The monoisotopic (exact) mass is 254 g/mol. The standard InChI is InChI=1S/C14H26N2S/c1-13-15-12-14(16-13)10-8-6-4-2-3-5-7-9-11-17/h12,17H,2-11H2,1H3,(H,15,16). The molecule has 1 rings (SSSR count). The molecule has 0 aliphatic carbocycles. The topological polar surface area (TPSA) is 28.7 Å². The van der Waals surface area contributed by atoms with Crippen LogP contribution in [-0.2, 0) is 6.42 Å². The molecular formula is C14H26N2S. The minimum atomic E-state index is 1.03. The number of unbranched alkanes of at least 4 members (excludes halogenated alkanes) is 7. The molecule has 0 fully saturated rings. The summed E-state index contributed by atoms with van der Waals surface area (Å²) in [7, 11) is 0. The first-order valence-corrected chi connectivity index (χ1v) is 7.57. The molecule has 0 aliphatic rings. The van der Waals surface area contributed by atoms with E-state index in [1.807, 2.05) is 13.1 Å². The first kappa shape index (κ1) is 14.6. The number of hydrogen-bond acceptors (Lipinski definition) is 2. The van der Waals surface area contributed by atoms with Gasteiger partial charge in [0, 0.05) is 11.9 Å². The molecule has 0 atom stereocenters. The van der Waals surface area contributed by atoms with E-state index >= 15 is 0 Å². The maximum Gasteiger partial charge on any atom is 0.103 e. The van der Waals surface area contributed by atoms with Gasteiger partial charge in [0.05, 0.1) is 0 Å². The number of aromatic nitrogens is 2. The molecule has 0 bridgehead atoms. The molecule has 1 heterocycles. The summed E-state index contributed by atoms with van der Waals surface area (Å²) in [5, 5.41) is 0. The highest BCUT2D eigenvalue weighted by Gasteiger charge is 1.97. The minimum absolute atomic E-state index is 1.03. The van der Waals surface area contributed by atoms with Crippen molar-refractivity contribution in [1.82, 2.24) is 9.97 Å². The fourth-order valence-electron chi connectivity index (χ4n) is 2.09. The van der Waals surface area contributed by atoms with Crippen LogP contribution in [0.25, 0.3) is 0 Å². The molecule has 1 aromatic heterocycles. The molecule has 0 saturated carbocycles. The second-order valence-corrected chi connectivity index (χ2v) is 5.24. The van der Waals surface area contributed by atoms with E-state index in [9.17, 15) is 0 Å². The van der Waals surface area contributed by atoms with Crippen molar-refractivity contribution in [2.24, 2.45) is 0 Å². The van der Waals surface area contributed by atoms with Gasteiger partial charge in [-0.2, -0.15) is 12.6 Å². The number of thiol groups is 1. The summed E-state index contributed by atoms with van der Waals surface area (Å²) in [5.41, 5.74) is 1.29. The van der Waals surface area contributed by atoms with E-state index in [-0.39, 0.29) is 0 Å². The summed E-state index contributed by atoms with van der Waals surface area (Å²) in [6, 6.07) is 0. The average Bonchev–Trinajstić information content (AvgIpc) is 2.73. The van der Waals surface area contributed by atoms with Gasteiger partial charge >= 0.3 is 0 Å². The molecule has 0 spiro atoms. The van der Waals surface area contributed by atoms with E-state index in [1.54, 1.807) is 0 Å². The summed E-state index contributed by atoms with van der Waals surface area (Å²) < 4.78 is 0. The van der Waals surface area contributed by atoms with E-state index in [4.69, 9.17) is 0 Å². The lowest BCUT2D eigenvalue weighted by Gasteiger charge is -2.01. The zero-order valence-electron chi connectivity index (χ0n) is 11.0. The van der Waals surface area contributed by atoms with Crippen molar-refractivity contribution < 1.29 is 0 Å². The third-order valence-electron chi connectivity index (χ3n) is 3.11. The van der Waals surface area contributed by atoms with Gasteiger partial charge in [0.2, 0.25) is 0 Å². The molecular weight excluding hydrogens is 228 g/mol. The quantitative estimate of drug-likeness (QED) is 0.473. The highest BCUT2D eigenvalue weighted by atomic mass is 32.1. The Balaban J connectivity index is 1.84. The van der Waals surface area contributed by atoms with Crippen LogP contribution in [0.4, 0.5) is 0 Å². The van der Waals surface area contributed by atoms with Gasteiger partial charge in [0.25, 0.3) is 0 Å². The van der Waals surface area contributed by atoms with Gasteiger partial charge in [0.1, 0.15) is 5.82 Å². The van der Waals surface area contributed by atoms with Gasteiger partial charge in [-0.25, -0.2) is 4.98 Å². The maximum atomic E-state index is 4.22. The second-order valence-electron chi connectivity index (χ2n) is 4.80. The van der Waals surface area contributed by atoms with Crippen LogP contribution < -0.4 is 0 Å². The van der Waals surface area contributed by atoms with Crippen molar-refractivity contribution in [2.75, 3.05) is 5.75 Å². The van der Waals surface area contributed by atoms with Gasteiger partial charge in [-0.1, -0.05) is 38.5 Å². The SMILES string of the molecule is Cc1ncc(CCCCCCCCCCS)[nH]1. The van der Waals surface area contributed by atoms with Gasteiger partial charge in [-0.15, -0.1) is 0 Å². The van der Waals surface area contributed by atoms with E-state index in [1.165, 1.54) is 57.1 Å². The molecule has 2 nitrogen and oxygen atoms in total. The van der Waals surface area contributed by atoms with E-state index in [0.29, 0.717) is 0 Å². The smallest absolute Gasteiger partial charge is 0.103 e. The van der Waals surface area contributed by atoms with Crippen LogP contribution in [0.2, 0.25) is 0 Å². The maximum absolute atomic E-state index is 4.22. The third kappa shape index (κ3) is 7.48. The molecule has 0 aromatic carbocycles. The van der Waals surface area contributed by atoms with E-state index in [0.717, 1.165) is 18.0 Å². The fraction of sp³-hybridized carbons (Fsp3) is 0.786. The summed E-state index contributed by atoms with van der Waals surface area (Å²) in [6.07, 6.45) is 14.0. The first-order valence-electron chi connectivity index (χ1n) is 6.94. The van der Waals surface area contributed by atoms with Gasteiger partial charge < -0.3 is 4.98 Å². The van der Waals surface area contributed by atoms with Gasteiger partial charge in [0.15, 0.2) is 0 Å². The van der Waals surface area contributed by atoms with Crippen LogP contribution in [-0.4, -0.2) is 15.7 Å². The van der Waals surface area contributed by atoms with E-state index < -0.39 is 0 Å². The largest absolute Gasteiger partial charge is 0.346 e. The Hall–Kier alpha value is -0.440. The molecule has 0 saturated heterocycles. The summed E-state index contributed by atoms with van der Waals surface area (Å²) >= 11 is 4.22.